The van der Waals surface area contributed by atoms with Crippen molar-refractivity contribution < 1.29 is 14.3 Å². The van der Waals surface area contributed by atoms with E-state index in [1.165, 1.54) is 11.3 Å². The molecular weight excluding hydrogens is 470 g/mol. The van der Waals surface area contributed by atoms with Gasteiger partial charge >= 0.3 is 0 Å². The number of amides is 1. The highest BCUT2D eigenvalue weighted by Crippen LogP contribution is 2.33. The van der Waals surface area contributed by atoms with E-state index in [2.05, 4.69) is 11.0 Å². The average molecular weight is 496 g/mol. The van der Waals surface area contributed by atoms with Crippen molar-refractivity contribution in [2.24, 2.45) is 0 Å². The predicted molar refractivity (Wildman–Crippen MR) is 138 cm³/mol. The Balaban J connectivity index is 1.36. The van der Waals surface area contributed by atoms with Crippen molar-refractivity contribution >= 4 is 55.0 Å². The molecule has 0 saturated carbocycles. The number of carbonyl (C=O) groups excluding carboxylic acids is 1. The largest absolute Gasteiger partial charge is 0.484 e. The quantitative estimate of drug-likeness (QED) is 0.354. The molecule has 8 heteroatoms. The third kappa shape index (κ3) is 5.03. The molecule has 6 nitrogen and oxygen atoms in total. The monoisotopic (exact) mass is 495 g/mol. The van der Waals surface area contributed by atoms with Gasteiger partial charge in [-0.3, -0.25) is 14.6 Å². The first-order valence-corrected chi connectivity index (χ1v) is 12.6. The van der Waals surface area contributed by atoms with E-state index in [1.807, 2.05) is 55.5 Å². The van der Waals surface area contributed by atoms with Crippen LogP contribution < -0.4 is 9.64 Å². The molecule has 1 saturated heterocycles. The number of carbonyl (C=O) groups is 1. The van der Waals surface area contributed by atoms with Crippen molar-refractivity contribution in [2.75, 3.05) is 50.9 Å². The molecule has 0 N–H and O–H groups in total. The maximum atomic E-state index is 13.4. The summed E-state index contributed by atoms with van der Waals surface area (Å²) in [4.78, 5) is 22.2. The lowest BCUT2D eigenvalue weighted by Crippen LogP contribution is -2.44. The average Bonchev–Trinajstić information content (AvgIpc) is 3.30. The van der Waals surface area contributed by atoms with Gasteiger partial charge in [0.15, 0.2) is 11.7 Å². The molecule has 0 spiro atoms. The van der Waals surface area contributed by atoms with Crippen molar-refractivity contribution in [1.29, 1.82) is 0 Å². The van der Waals surface area contributed by atoms with Crippen LogP contribution in [0.1, 0.15) is 5.56 Å². The van der Waals surface area contributed by atoms with Crippen molar-refractivity contribution in [3.63, 3.8) is 0 Å². The molecule has 3 aromatic carbocycles. The van der Waals surface area contributed by atoms with E-state index in [0.717, 1.165) is 59.4 Å². The summed E-state index contributed by atoms with van der Waals surface area (Å²) in [6.45, 7) is 6.35. The van der Waals surface area contributed by atoms with Gasteiger partial charge in [0.05, 0.1) is 23.4 Å². The zero-order valence-electron chi connectivity index (χ0n) is 19.0. The van der Waals surface area contributed by atoms with E-state index >= 15 is 0 Å². The first kappa shape index (κ1) is 23.1. The number of rotatable bonds is 7. The summed E-state index contributed by atoms with van der Waals surface area (Å²) in [6, 6.07) is 17.8. The maximum Gasteiger partial charge on any atom is 0.266 e. The smallest absolute Gasteiger partial charge is 0.266 e. The van der Waals surface area contributed by atoms with Gasteiger partial charge in [-0.2, -0.15) is 0 Å². The Morgan fingerprint density at radius 1 is 1.15 bits per heavy atom. The van der Waals surface area contributed by atoms with Crippen LogP contribution in [0.5, 0.6) is 5.75 Å². The number of ether oxygens (including phenoxy) is 2. The molecule has 0 radical (unpaired) electrons. The molecule has 5 rings (SSSR count). The molecule has 176 valence electrons. The summed E-state index contributed by atoms with van der Waals surface area (Å²) in [6.07, 6.45) is 0. The Bertz CT molecular complexity index is 1320. The fraction of sp³-hybridized carbons (Fsp3) is 0.308. The number of benzene rings is 3. The van der Waals surface area contributed by atoms with Gasteiger partial charge in [0.25, 0.3) is 5.91 Å². The molecule has 0 bridgehead atoms. The van der Waals surface area contributed by atoms with Gasteiger partial charge in [0.1, 0.15) is 5.75 Å². The number of hydrogen-bond donors (Lipinski definition) is 0. The van der Waals surface area contributed by atoms with Crippen molar-refractivity contribution in [3.8, 4) is 5.75 Å². The number of morpholine rings is 1. The topological polar surface area (TPSA) is 54.9 Å². The molecule has 1 amide bonds. The first-order valence-electron chi connectivity index (χ1n) is 11.4. The van der Waals surface area contributed by atoms with Gasteiger partial charge in [-0.1, -0.05) is 53.3 Å². The molecular formula is C26H26ClN3O3S. The molecule has 0 atom stereocenters. The predicted octanol–water partition coefficient (Wildman–Crippen LogP) is 5.16. The third-order valence-electron chi connectivity index (χ3n) is 6.10. The van der Waals surface area contributed by atoms with Crippen LogP contribution in [0.4, 0.5) is 5.13 Å². The van der Waals surface area contributed by atoms with Crippen molar-refractivity contribution in [3.05, 3.63) is 65.2 Å². The fourth-order valence-corrected chi connectivity index (χ4v) is 5.30. The minimum atomic E-state index is -0.121. The van der Waals surface area contributed by atoms with E-state index in [1.54, 1.807) is 4.90 Å². The molecule has 34 heavy (non-hydrogen) atoms. The van der Waals surface area contributed by atoms with Crippen LogP contribution in [-0.2, 0) is 9.53 Å². The normalized spacial score (nSPS) is 14.5. The highest BCUT2D eigenvalue weighted by molar-refractivity contribution is 7.22. The van der Waals surface area contributed by atoms with E-state index in [-0.39, 0.29) is 12.5 Å². The zero-order chi connectivity index (χ0) is 23.5. The Labute approximate surface area is 207 Å². The van der Waals surface area contributed by atoms with Gasteiger partial charge in [-0.25, -0.2) is 4.98 Å². The number of thiazole rings is 1. The van der Waals surface area contributed by atoms with Crippen LogP contribution in [0, 0.1) is 6.92 Å². The van der Waals surface area contributed by atoms with E-state index < -0.39 is 0 Å². The summed E-state index contributed by atoms with van der Waals surface area (Å²) < 4.78 is 12.4. The number of aromatic nitrogens is 1. The Morgan fingerprint density at radius 2 is 1.94 bits per heavy atom. The van der Waals surface area contributed by atoms with Crippen LogP contribution in [0.2, 0.25) is 5.02 Å². The van der Waals surface area contributed by atoms with Gasteiger partial charge in [-0.05, 0) is 47.5 Å². The first-order chi connectivity index (χ1) is 16.6. The second-order valence-corrected chi connectivity index (χ2v) is 9.73. The zero-order valence-corrected chi connectivity index (χ0v) is 20.6. The van der Waals surface area contributed by atoms with Gasteiger partial charge < -0.3 is 9.47 Å². The number of hydrogen-bond acceptors (Lipinski definition) is 6. The van der Waals surface area contributed by atoms with E-state index in [4.69, 9.17) is 26.1 Å². The number of halogens is 1. The lowest BCUT2D eigenvalue weighted by molar-refractivity contribution is -0.120. The van der Waals surface area contributed by atoms with E-state index in [0.29, 0.717) is 22.4 Å². The second kappa shape index (κ2) is 10.3. The molecule has 2 heterocycles. The third-order valence-corrected chi connectivity index (χ3v) is 7.55. The molecule has 1 aromatic heterocycles. The van der Waals surface area contributed by atoms with Crippen LogP contribution in [0.3, 0.4) is 0 Å². The molecule has 0 unspecified atom stereocenters. The number of fused-ring (bicyclic) bond motifs is 2. The second-order valence-electron chi connectivity index (χ2n) is 8.31. The lowest BCUT2D eigenvalue weighted by Gasteiger charge is -2.29. The van der Waals surface area contributed by atoms with Crippen LogP contribution in [-0.4, -0.2) is 61.8 Å². The minimum Gasteiger partial charge on any atom is -0.484 e. The minimum absolute atomic E-state index is 0.0584. The van der Waals surface area contributed by atoms with Gasteiger partial charge in [-0.15, -0.1) is 0 Å². The summed E-state index contributed by atoms with van der Waals surface area (Å²) in [5.74, 6) is 0.552. The van der Waals surface area contributed by atoms with Crippen LogP contribution in [0.25, 0.3) is 21.0 Å². The highest BCUT2D eigenvalue weighted by Gasteiger charge is 2.23. The van der Waals surface area contributed by atoms with Crippen molar-refractivity contribution in [2.45, 2.75) is 6.92 Å². The molecule has 0 aliphatic carbocycles. The fourth-order valence-electron chi connectivity index (χ4n) is 4.08. The number of anilines is 1. The van der Waals surface area contributed by atoms with Gasteiger partial charge in [0, 0.05) is 31.2 Å². The van der Waals surface area contributed by atoms with Crippen LogP contribution in [0.15, 0.2) is 54.6 Å². The maximum absolute atomic E-state index is 13.4. The standard InChI is InChI=1S/C26H26ClN3O3S/c1-18-22(27)8-9-23-25(18)28-26(34-23)30(11-10-29-12-14-32-15-13-29)24(31)17-33-21-7-6-19-4-2-3-5-20(19)16-21/h2-9,16H,10-15,17H2,1H3. The number of aryl methyl sites for hydroxylation is 1. The van der Waals surface area contributed by atoms with Crippen molar-refractivity contribution in [1.82, 2.24) is 9.88 Å². The summed E-state index contributed by atoms with van der Waals surface area (Å²) >= 11 is 7.81. The van der Waals surface area contributed by atoms with E-state index in [9.17, 15) is 4.79 Å². The Kier molecular flexibility index (Phi) is 6.97. The summed E-state index contributed by atoms with van der Waals surface area (Å²) in [5, 5.41) is 3.56. The lowest BCUT2D eigenvalue weighted by atomic mass is 10.1. The Morgan fingerprint density at radius 3 is 2.76 bits per heavy atom. The molecule has 1 aliphatic rings. The molecule has 4 aromatic rings. The number of nitrogens with zero attached hydrogens (tertiary/aromatic N) is 3. The summed E-state index contributed by atoms with van der Waals surface area (Å²) in [7, 11) is 0. The van der Waals surface area contributed by atoms with Gasteiger partial charge in [0.2, 0.25) is 0 Å². The SMILES string of the molecule is Cc1c(Cl)ccc2sc(N(CCN3CCOCC3)C(=O)COc3ccc4ccccc4c3)nc12. The van der Waals surface area contributed by atoms with Crippen LogP contribution >= 0.6 is 22.9 Å². The Hall–Kier alpha value is -2.71. The molecule has 1 fully saturated rings. The highest BCUT2D eigenvalue weighted by atomic mass is 35.5. The molecule has 1 aliphatic heterocycles. The summed E-state index contributed by atoms with van der Waals surface area (Å²) in [5.41, 5.74) is 1.77.